The summed E-state index contributed by atoms with van der Waals surface area (Å²) in [6.45, 7) is 5.66. The predicted octanol–water partition coefficient (Wildman–Crippen LogP) is 4.17. The minimum Gasteiger partial charge on any atom is -0.493 e. The average Bonchev–Trinajstić information content (AvgIpc) is 3.48. The van der Waals surface area contributed by atoms with E-state index < -0.39 is 5.72 Å². The van der Waals surface area contributed by atoms with Crippen LogP contribution in [0.1, 0.15) is 49.8 Å². The highest BCUT2D eigenvalue weighted by Crippen LogP contribution is 2.53. The second-order valence-corrected chi connectivity index (χ2v) is 8.95. The highest BCUT2D eigenvalue weighted by atomic mass is 16.7. The normalized spacial score (nSPS) is 22.9. The minimum atomic E-state index is -0.450. The van der Waals surface area contributed by atoms with Crippen LogP contribution in [0.3, 0.4) is 0 Å². The van der Waals surface area contributed by atoms with Gasteiger partial charge in [0.05, 0.1) is 18.9 Å². The van der Waals surface area contributed by atoms with E-state index in [9.17, 15) is 0 Å². The molecule has 0 radical (unpaired) electrons. The number of benzene rings is 2. The summed E-state index contributed by atoms with van der Waals surface area (Å²) in [5.41, 5.74) is 2.83. The molecular formula is C25H29N3O4. The monoisotopic (exact) mass is 435 g/mol. The van der Waals surface area contributed by atoms with Crippen molar-refractivity contribution in [2.24, 2.45) is 5.10 Å². The van der Waals surface area contributed by atoms with Crippen LogP contribution in [0.5, 0.6) is 23.0 Å². The number of hydrogen-bond acceptors (Lipinski definition) is 7. The third kappa shape index (κ3) is 3.02. The summed E-state index contributed by atoms with van der Waals surface area (Å²) in [5.74, 6) is 3.26. The van der Waals surface area contributed by atoms with E-state index in [1.807, 2.05) is 24.3 Å². The summed E-state index contributed by atoms with van der Waals surface area (Å²) < 4.78 is 23.6. The first-order valence-electron chi connectivity index (χ1n) is 11.6. The van der Waals surface area contributed by atoms with Crippen molar-refractivity contribution < 1.29 is 18.9 Å². The summed E-state index contributed by atoms with van der Waals surface area (Å²) in [5, 5.41) is 7.43. The van der Waals surface area contributed by atoms with Crippen LogP contribution in [0.4, 0.5) is 0 Å². The van der Waals surface area contributed by atoms with Gasteiger partial charge in [0.25, 0.3) is 0 Å². The number of hydrazone groups is 1. The molecule has 0 aromatic heterocycles. The molecule has 0 saturated carbocycles. The third-order valence-corrected chi connectivity index (χ3v) is 7.09. The average molecular weight is 436 g/mol. The molecule has 0 N–H and O–H groups in total. The fourth-order valence-corrected chi connectivity index (χ4v) is 5.45. The molecule has 4 aliphatic heterocycles. The summed E-state index contributed by atoms with van der Waals surface area (Å²) in [7, 11) is 1.71. The lowest BCUT2D eigenvalue weighted by atomic mass is 9.90. The Morgan fingerprint density at radius 3 is 2.78 bits per heavy atom. The zero-order valence-electron chi connectivity index (χ0n) is 18.7. The Balaban J connectivity index is 1.39. The molecule has 168 valence electrons. The maximum Gasteiger partial charge on any atom is 0.231 e. The Kier molecular flexibility index (Phi) is 4.68. The van der Waals surface area contributed by atoms with E-state index in [0.29, 0.717) is 0 Å². The molecule has 1 spiro atoms. The van der Waals surface area contributed by atoms with E-state index >= 15 is 0 Å². The highest BCUT2D eigenvalue weighted by molar-refractivity contribution is 6.02. The van der Waals surface area contributed by atoms with Crippen LogP contribution in [0, 0.1) is 0 Å². The molecule has 4 heterocycles. The van der Waals surface area contributed by atoms with Crippen molar-refractivity contribution in [2.75, 3.05) is 33.5 Å². The topological polar surface area (TPSA) is 55.8 Å². The lowest BCUT2D eigenvalue weighted by Gasteiger charge is -2.51. The molecule has 2 aromatic carbocycles. The fourth-order valence-electron chi connectivity index (χ4n) is 5.45. The van der Waals surface area contributed by atoms with Gasteiger partial charge in [0.2, 0.25) is 12.5 Å². The Morgan fingerprint density at radius 2 is 1.97 bits per heavy atom. The van der Waals surface area contributed by atoms with Gasteiger partial charge in [0.15, 0.2) is 23.0 Å². The van der Waals surface area contributed by atoms with Crippen molar-refractivity contribution in [3.63, 3.8) is 0 Å². The molecule has 0 bridgehead atoms. The van der Waals surface area contributed by atoms with Gasteiger partial charge in [-0.3, -0.25) is 0 Å². The van der Waals surface area contributed by atoms with E-state index in [4.69, 9.17) is 24.0 Å². The number of nitrogens with zero attached hydrogens (tertiary/aromatic N) is 3. The zero-order valence-corrected chi connectivity index (χ0v) is 18.7. The minimum absolute atomic E-state index is 0.131. The predicted molar refractivity (Wildman–Crippen MR) is 121 cm³/mol. The molecule has 4 aliphatic rings. The Labute approximate surface area is 188 Å². The fraction of sp³-hybridized carbons (Fsp3) is 0.480. The van der Waals surface area contributed by atoms with Crippen LogP contribution in [0.25, 0.3) is 0 Å². The van der Waals surface area contributed by atoms with Gasteiger partial charge < -0.3 is 23.8 Å². The van der Waals surface area contributed by atoms with Gasteiger partial charge >= 0.3 is 0 Å². The van der Waals surface area contributed by atoms with Gasteiger partial charge in [0.1, 0.15) is 0 Å². The molecule has 7 heteroatoms. The molecule has 32 heavy (non-hydrogen) atoms. The number of methoxy groups -OCH3 is 1. The zero-order chi connectivity index (χ0) is 21.7. The molecular weight excluding hydrogens is 406 g/mol. The highest BCUT2D eigenvalue weighted by Gasteiger charge is 2.52. The number of hydrogen-bond donors (Lipinski definition) is 0. The number of ether oxygens (including phenoxy) is 4. The van der Waals surface area contributed by atoms with Gasteiger partial charge in [0, 0.05) is 43.5 Å². The first-order chi connectivity index (χ1) is 15.7. The molecule has 0 aliphatic carbocycles. The van der Waals surface area contributed by atoms with Crippen LogP contribution < -0.4 is 18.9 Å². The number of rotatable bonds is 4. The summed E-state index contributed by atoms with van der Waals surface area (Å²) in [6.07, 6.45) is 3.82. The van der Waals surface area contributed by atoms with Crippen LogP contribution in [0.2, 0.25) is 0 Å². The molecule has 1 saturated heterocycles. The van der Waals surface area contributed by atoms with Crippen LogP contribution in [-0.2, 0) is 0 Å². The van der Waals surface area contributed by atoms with Gasteiger partial charge in [-0.1, -0.05) is 19.1 Å². The molecule has 7 nitrogen and oxygen atoms in total. The van der Waals surface area contributed by atoms with Gasteiger partial charge in [-0.25, -0.2) is 5.01 Å². The lowest BCUT2D eigenvalue weighted by molar-refractivity contribution is -0.150. The van der Waals surface area contributed by atoms with Crippen molar-refractivity contribution in [3.8, 4) is 23.0 Å². The second-order valence-electron chi connectivity index (χ2n) is 8.95. The van der Waals surface area contributed by atoms with Crippen molar-refractivity contribution in [2.45, 2.75) is 44.4 Å². The van der Waals surface area contributed by atoms with E-state index in [1.165, 1.54) is 6.42 Å². The van der Waals surface area contributed by atoms with Gasteiger partial charge in [-0.05, 0) is 37.2 Å². The SMILES string of the molecule is CCCN1CCC2(CC1)Oc1c(OC)cccc1C1CC(c3ccc4c(c3)OCO4)=NN12. The number of piperidine rings is 1. The molecule has 1 fully saturated rings. The largest absolute Gasteiger partial charge is 0.493 e. The van der Waals surface area contributed by atoms with Crippen molar-refractivity contribution in [3.05, 3.63) is 47.5 Å². The Bertz CT molecular complexity index is 1060. The van der Waals surface area contributed by atoms with Crippen LogP contribution in [-0.4, -0.2) is 54.9 Å². The summed E-state index contributed by atoms with van der Waals surface area (Å²) in [6, 6.07) is 12.4. The number of fused-ring (bicyclic) bond motifs is 5. The lowest BCUT2D eigenvalue weighted by Crippen LogP contribution is -2.59. The third-order valence-electron chi connectivity index (χ3n) is 7.09. The first kappa shape index (κ1) is 19.7. The number of likely N-dealkylation sites (tertiary alicyclic amines) is 1. The summed E-state index contributed by atoms with van der Waals surface area (Å²) >= 11 is 0. The van der Waals surface area contributed by atoms with E-state index in [-0.39, 0.29) is 12.8 Å². The molecule has 1 atom stereocenters. The molecule has 2 aromatic rings. The van der Waals surface area contributed by atoms with Crippen LogP contribution in [0.15, 0.2) is 41.5 Å². The maximum atomic E-state index is 6.80. The Morgan fingerprint density at radius 1 is 1.12 bits per heavy atom. The molecule has 0 amide bonds. The van der Waals surface area contributed by atoms with Crippen molar-refractivity contribution in [1.82, 2.24) is 9.91 Å². The van der Waals surface area contributed by atoms with E-state index in [1.54, 1.807) is 7.11 Å². The van der Waals surface area contributed by atoms with E-state index in [0.717, 1.165) is 78.7 Å². The smallest absolute Gasteiger partial charge is 0.231 e. The summed E-state index contributed by atoms with van der Waals surface area (Å²) in [4.78, 5) is 2.53. The second kappa shape index (κ2) is 7.59. The molecule has 6 rings (SSSR count). The van der Waals surface area contributed by atoms with Crippen molar-refractivity contribution in [1.29, 1.82) is 0 Å². The van der Waals surface area contributed by atoms with Gasteiger partial charge in [-0.15, -0.1) is 0 Å². The number of para-hydroxylation sites is 1. The maximum absolute atomic E-state index is 6.80. The quantitative estimate of drug-likeness (QED) is 0.719. The van der Waals surface area contributed by atoms with Crippen LogP contribution >= 0.6 is 0 Å². The van der Waals surface area contributed by atoms with Gasteiger partial charge in [-0.2, -0.15) is 5.10 Å². The van der Waals surface area contributed by atoms with E-state index in [2.05, 4.69) is 29.0 Å². The van der Waals surface area contributed by atoms with Crippen molar-refractivity contribution >= 4 is 5.71 Å². The molecule has 1 unspecified atom stereocenters. The first-order valence-corrected chi connectivity index (χ1v) is 11.6. The Hall–Kier alpha value is -2.93. The standard InChI is InChI=1S/C25H29N3O4/c1-3-11-27-12-9-25(10-13-27)28-20(18-5-4-6-22(29-2)24(18)32-25)15-19(26-28)17-7-8-21-23(14-17)31-16-30-21/h4-8,14,20H,3,9-13,15-16H2,1-2H3.